The molecule has 1 aliphatic carbocycles. The highest BCUT2D eigenvalue weighted by molar-refractivity contribution is 5.93. The normalized spacial score (nSPS) is 24.2. The van der Waals surface area contributed by atoms with E-state index in [1.165, 1.54) is 0 Å². The van der Waals surface area contributed by atoms with Crippen LogP contribution in [0, 0.1) is 17.2 Å². The standard InChI is InChI=1S/C11H15NO2/c1-3-14-11(13)10(7-12)9-5-4-8(2)6-9/h8H,3-6H2,1-2H3. The summed E-state index contributed by atoms with van der Waals surface area (Å²) >= 11 is 0. The average molecular weight is 193 g/mol. The van der Waals surface area contributed by atoms with Crippen LogP contribution in [0.4, 0.5) is 0 Å². The molecule has 14 heavy (non-hydrogen) atoms. The van der Waals surface area contributed by atoms with Crippen LogP contribution >= 0.6 is 0 Å². The van der Waals surface area contributed by atoms with E-state index in [1.54, 1.807) is 6.92 Å². The fourth-order valence-electron chi connectivity index (χ4n) is 1.74. The van der Waals surface area contributed by atoms with Crippen LogP contribution in [0.3, 0.4) is 0 Å². The highest BCUT2D eigenvalue weighted by atomic mass is 16.5. The highest BCUT2D eigenvalue weighted by Gasteiger charge is 2.22. The van der Waals surface area contributed by atoms with Crippen molar-refractivity contribution in [1.82, 2.24) is 0 Å². The third-order valence-electron chi connectivity index (χ3n) is 2.48. The molecule has 0 aromatic rings. The first-order valence-corrected chi connectivity index (χ1v) is 4.98. The van der Waals surface area contributed by atoms with Crippen molar-refractivity contribution in [2.75, 3.05) is 6.61 Å². The molecule has 0 amide bonds. The van der Waals surface area contributed by atoms with Crippen LogP contribution in [0.15, 0.2) is 11.1 Å². The summed E-state index contributed by atoms with van der Waals surface area (Å²) in [5.41, 5.74) is 1.20. The first-order valence-electron chi connectivity index (χ1n) is 4.98. The van der Waals surface area contributed by atoms with E-state index in [9.17, 15) is 4.79 Å². The van der Waals surface area contributed by atoms with E-state index in [-0.39, 0.29) is 5.57 Å². The van der Waals surface area contributed by atoms with E-state index in [4.69, 9.17) is 10.00 Å². The number of carbonyl (C=O) groups is 1. The summed E-state index contributed by atoms with van der Waals surface area (Å²) in [6.45, 7) is 4.20. The lowest BCUT2D eigenvalue weighted by Crippen LogP contribution is -2.08. The Kier molecular flexibility index (Phi) is 3.70. The molecule has 0 N–H and O–H groups in total. The Morgan fingerprint density at radius 1 is 1.71 bits per heavy atom. The minimum absolute atomic E-state index is 0.233. The second-order valence-electron chi connectivity index (χ2n) is 3.66. The zero-order valence-corrected chi connectivity index (χ0v) is 8.67. The lowest BCUT2D eigenvalue weighted by atomic mass is 10.1. The molecule has 0 spiro atoms. The molecule has 0 heterocycles. The highest BCUT2D eigenvalue weighted by Crippen LogP contribution is 2.32. The monoisotopic (exact) mass is 193 g/mol. The molecule has 3 heteroatoms. The van der Waals surface area contributed by atoms with Crippen LogP contribution in [-0.4, -0.2) is 12.6 Å². The molecule has 76 valence electrons. The van der Waals surface area contributed by atoms with Gasteiger partial charge in [0.15, 0.2) is 0 Å². The number of esters is 1. The van der Waals surface area contributed by atoms with Gasteiger partial charge in [0, 0.05) is 0 Å². The molecule has 3 nitrogen and oxygen atoms in total. The first-order chi connectivity index (χ1) is 6.69. The first kappa shape index (κ1) is 10.8. The molecule has 0 aromatic heterocycles. The second-order valence-corrected chi connectivity index (χ2v) is 3.66. The number of nitriles is 1. The predicted molar refractivity (Wildman–Crippen MR) is 52.3 cm³/mol. The van der Waals surface area contributed by atoms with Crippen LogP contribution in [0.1, 0.15) is 33.1 Å². The molecule has 0 saturated heterocycles. The number of carbonyl (C=O) groups excluding carboxylic acids is 1. The van der Waals surface area contributed by atoms with E-state index in [2.05, 4.69) is 6.92 Å². The Morgan fingerprint density at radius 3 is 2.86 bits per heavy atom. The van der Waals surface area contributed by atoms with Crippen molar-refractivity contribution in [2.45, 2.75) is 33.1 Å². The Morgan fingerprint density at radius 2 is 2.43 bits per heavy atom. The van der Waals surface area contributed by atoms with Gasteiger partial charge in [-0.3, -0.25) is 0 Å². The summed E-state index contributed by atoms with van der Waals surface area (Å²) in [4.78, 5) is 11.4. The van der Waals surface area contributed by atoms with Crippen LogP contribution in [0.5, 0.6) is 0 Å². The Hall–Kier alpha value is -1.30. The lowest BCUT2D eigenvalue weighted by molar-refractivity contribution is -0.138. The van der Waals surface area contributed by atoms with Gasteiger partial charge in [-0.2, -0.15) is 5.26 Å². The molecule has 1 aliphatic rings. The average Bonchev–Trinajstić information content (AvgIpc) is 2.54. The van der Waals surface area contributed by atoms with Crippen molar-refractivity contribution in [3.8, 4) is 6.07 Å². The molecule has 0 bridgehead atoms. The van der Waals surface area contributed by atoms with Crippen LogP contribution < -0.4 is 0 Å². The molecule has 1 saturated carbocycles. The minimum Gasteiger partial charge on any atom is -0.462 e. The Labute approximate surface area is 84.4 Å². The molecule has 1 rings (SSSR count). The Bertz CT molecular complexity index is 299. The van der Waals surface area contributed by atoms with Crippen molar-refractivity contribution >= 4 is 5.97 Å². The van der Waals surface area contributed by atoms with Crippen molar-refractivity contribution in [3.05, 3.63) is 11.1 Å². The number of nitrogens with zero attached hydrogens (tertiary/aromatic N) is 1. The second kappa shape index (κ2) is 4.80. The summed E-state index contributed by atoms with van der Waals surface area (Å²) in [5, 5.41) is 8.86. The number of allylic oxidation sites excluding steroid dienone is 1. The summed E-state index contributed by atoms with van der Waals surface area (Å²) < 4.78 is 4.82. The topological polar surface area (TPSA) is 50.1 Å². The molecule has 1 atom stereocenters. The van der Waals surface area contributed by atoms with Crippen molar-refractivity contribution < 1.29 is 9.53 Å². The van der Waals surface area contributed by atoms with E-state index in [1.807, 2.05) is 6.07 Å². The lowest BCUT2D eigenvalue weighted by Gasteiger charge is -2.03. The quantitative estimate of drug-likeness (QED) is 0.383. The van der Waals surface area contributed by atoms with Gasteiger partial charge in [0.25, 0.3) is 0 Å². The third-order valence-corrected chi connectivity index (χ3v) is 2.48. The van der Waals surface area contributed by atoms with Gasteiger partial charge < -0.3 is 4.74 Å². The van der Waals surface area contributed by atoms with Crippen molar-refractivity contribution in [2.24, 2.45) is 5.92 Å². The van der Waals surface area contributed by atoms with Crippen molar-refractivity contribution in [1.29, 1.82) is 5.26 Å². The predicted octanol–water partition coefficient (Wildman–Crippen LogP) is 2.19. The van der Waals surface area contributed by atoms with E-state index in [0.717, 1.165) is 24.8 Å². The minimum atomic E-state index is -0.459. The van der Waals surface area contributed by atoms with Gasteiger partial charge in [0.1, 0.15) is 11.6 Å². The third kappa shape index (κ3) is 2.35. The van der Waals surface area contributed by atoms with Gasteiger partial charge in [-0.05, 0) is 37.7 Å². The number of ether oxygens (including phenoxy) is 1. The summed E-state index contributed by atoms with van der Waals surface area (Å²) in [6, 6.07) is 1.95. The maximum atomic E-state index is 11.4. The summed E-state index contributed by atoms with van der Waals surface area (Å²) in [5.74, 6) is 0.127. The fourth-order valence-corrected chi connectivity index (χ4v) is 1.74. The molecule has 0 aliphatic heterocycles. The number of rotatable bonds is 2. The molecule has 1 unspecified atom stereocenters. The van der Waals surface area contributed by atoms with Gasteiger partial charge in [0.2, 0.25) is 0 Å². The van der Waals surface area contributed by atoms with Gasteiger partial charge in [-0.25, -0.2) is 4.79 Å². The van der Waals surface area contributed by atoms with Gasteiger partial charge in [-0.1, -0.05) is 6.92 Å². The van der Waals surface area contributed by atoms with E-state index >= 15 is 0 Å². The van der Waals surface area contributed by atoms with Gasteiger partial charge in [-0.15, -0.1) is 0 Å². The Balaban J connectivity index is 2.80. The largest absolute Gasteiger partial charge is 0.462 e. The molecule has 1 fully saturated rings. The maximum absolute atomic E-state index is 11.4. The summed E-state index contributed by atoms with van der Waals surface area (Å²) in [7, 11) is 0. The smallest absolute Gasteiger partial charge is 0.348 e. The zero-order valence-electron chi connectivity index (χ0n) is 8.67. The SMILES string of the molecule is CCOC(=O)C(C#N)=C1CCC(C)C1. The van der Waals surface area contributed by atoms with Crippen LogP contribution in [0.2, 0.25) is 0 Å². The number of hydrogen-bond donors (Lipinski definition) is 0. The van der Waals surface area contributed by atoms with Gasteiger partial charge >= 0.3 is 5.97 Å². The van der Waals surface area contributed by atoms with Gasteiger partial charge in [0.05, 0.1) is 6.61 Å². The van der Waals surface area contributed by atoms with E-state index in [0.29, 0.717) is 12.5 Å². The summed E-state index contributed by atoms with van der Waals surface area (Å²) in [6.07, 6.45) is 2.80. The van der Waals surface area contributed by atoms with Crippen molar-refractivity contribution in [3.63, 3.8) is 0 Å². The molecule has 0 radical (unpaired) electrons. The molecule has 0 aromatic carbocycles. The fraction of sp³-hybridized carbons (Fsp3) is 0.636. The molecular formula is C11H15NO2. The van der Waals surface area contributed by atoms with Crippen LogP contribution in [-0.2, 0) is 9.53 Å². The number of hydrogen-bond acceptors (Lipinski definition) is 3. The zero-order chi connectivity index (χ0) is 10.6. The molecular weight excluding hydrogens is 178 g/mol. The van der Waals surface area contributed by atoms with E-state index < -0.39 is 5.97 Å². The van der Waals surface area contributed by atoms with Crippen LogP contribution in [0.25, 0.3) is 0 Å². The maximum Gasteiger partial charge on any atom is 0.348 e.